The van der Waals surface area contributed by atoms with Gasteiger partial charge in [0.15, 0.2) is 0 Å². The SMILES string of the molecule is CNc1cccc2c(=O)n(C3CCC(=O)NC3=O)nnc12. The summed E-state index contributed by atoms with van der Waals surface area (Å²) in [5.74, 6) is -0.859. The minimum Gasteiger partial charge on any atom is -0.386 e. The third-order valence-electron chi connectivity index (χ3n) is 3.49. The summed E-state index contributed by atoms with van der Waals surface area (Å²) >= 11 is 0. The average Bonchev–Trinajstić information content (AvgIpc) is 2.48. The molecule has 1 atom stereocenters. The molecule has 0 radical (unpaired) electrons. The number of piperidine rings is 1. The van der Waals surface area contributed by atoms with Gasteiger partial charge in [-0.05, 0) is 18.6 Å². The van der Waals surface area contributed by atoms with Crippen LogP contribution in [0.4, 0.5) is 5.69 Å². The van der Waals surface area contributed by atoms with Crippen LogP contribution in [0.3, 0.4) is 0 Å². The van der Waals surface area contributed by atoms with Gasteiger partial charge in [0.25, 0.3) is 11.5 Å². The van der Waals surface area contributed by atoms with E-state index in [1.54, 1.807) is 25.2 Å². The topological polar surface area (TPSA) is 106 Å². The molecule has 1 saturated heterocycles. The van der Waals surface area contributed by atoms with E-state index in [2.05, 4.69) is 20.9 Å². The van der Waals surface area contributed by atoms with Crippen molar-refractivity contribution in [2.75, 3.05) is 12.4 Å². The fraction of sp³-hybridized carbons (Fsp3) is 0.308. The number of anilines is 1. The average molecular weight is 287 g/mol. The van der Waals surface area contributed by atoms with Gasteiger partial charge in [0.05, 0.1) is 11.1 Å². The summed E-state index contributed by atoms with van der Waals surface area (Å²) in [7, 11) is 1.72. The standard InChI is InChI=1S/C13H13N5O3/c1-14-8-4-2-3-7-11(8)16-17-18(13(7)21)9-5-6-10(19)15-12(9)20/h2-4,9,14H,5-6H2,1H3,(H,15,19,20). The second kappa shape index (κ2) is 4.97. The zero-order valence-electron chi connectivity index (χ0n) is 11.3. The van der Waals surface area contributed by atoms with Gasteiger partial charge in [-0.1, -0.05) is 11.3 Å². The lowest BCUT2D eigenvalue weighted by Crippen LogP contribution is -2.45. The van der Waals surface area contributed by atoms with Crippen LogP contribution in [-0.4, -0.2) is 33.9 Å². The van der Waals surface area contributed by atoms with Crippen molar-refractivity contribution in [2.45, 2.75) is 18.9 Å². The number of aromatic nitrogens is 3. The lowest BCUT2D eigenvalue weighted by Gasteiger charge is -2.21. The molecule has 2 aromatic rings. The van der Waals surface area contributed by atoms with E-state index in [0.29, 0.717) is 16.6 Å². The van der Waals surface area contributed by atoms with Crippen molar-refractivity contribution in [3.63, 3.8) is 0 Å². The minimum absolute atomic E-state index is 0.180. The van der Waals surface area contributed by atoms with E-state index < -0.39 is 17.5 Å². The molecule has 8 heteroatoms. The highest BCUT2D eigenvalue weighted by atomic mass is 16.2. The van der Waals surface area contributed by atoms with E-state index in [1.165, 1.54) is 0 Å². The highest BCUT2D eigenvalue weighted by molar-refractivity contribution is 5.99. The van der Waals surface area contributed by atoms with Crippen LogP contribution in [0, 0.1) is 0 Å². The van der Waals surface area contributed by atoms with E-state index >= 15 is 0 Å². The number of rotatable bonds is 2. The zero-order chi connectivity index (χ0) is 15.0. The first-order chi connectivity index (χ1) is 10.1. The first-order valence-electron chi connectivity index (χ1n) is 6.51. The van der Waals surface area contributed by atoms with Crippen LogP contribution in [0.5, 0.6) is 0 Å². The maximum Gasteiger partial charge on any atom is 0.278 e. The van der Waals surface area contributed by atoms with Crippen molar-refractivity contribution < 1.29 is 9.59 Å². The molecule has 3 rings (SSSR count). The Bertz CT molecular complexity index is 798. The van der Waals surface area contributed by atoms with Gasteiger partial charge >= 0.3 is 0 Å². The van der Waals surface area contributed by atoms with Crippen LogP contribution in [0.25, 0.3) is 10.9 Å². The lowest BCUT2D eigenvalue weighted by atomic mass is 10.1. The number of carbonyl (C=O) groups excluding carboxylic acids is 2. The summed E-state index contributed by atoms with van der Waals surface area (Å²) < 4.78 is 1.05. The Morgan fingerprint density at radius 3 is 2.86 bits per heavy atom. The highest BCUT2D eigenvalue weighted by Gasteiger charge is 2.30. The van der Waals surface area contributed by atoms with E-state index in [9.17, 15) is 14.4 Å². The molecule has 2 amide bonds. The molecule has 1 fully saturated rings. The molecule has 1 aromatic heterocycles. The molecule has 2 N–H and O–H groups in total. The number of imide groups is 1. The molecule has 0 bridgehead atoms. The van der Waals surface area contributed by atoms with Gasteiger partial charge in [-0.2, -0.15) is 4.68 Å². The Kier molecular flexibility index (Phi) is 3.13. The van der Waals surface area contributed by atoms with Crippen molar-refractivity contribution in [1.82, 2.24) is 20.3 Å². The van der Waals surface area contributed by atoms with Gasteiger partial charge < -0.3 is 5.32 Å². The number of amides is 2. The van der Waals surface area contributed by atoms with Gasteiger partial charge in [-0.25, -0.2) is 0 Å². The van der Waals surface area contributed by atoms with Gasteiger partial charge in [0.2, 0.25) is 5.91 Å². The fourth-order valence-electron chi connectivity index (χ4n) is 2.40. The smallest absolute Gasteiger partial charge is 0.278 e. The number of nitrogens with one attached hydrogen (secondary N) is 2. The van der Waals surface area contributed by atoms with E-state index in [1.807, 2.05) is 0 Å². The first-order valence-corrected chi connectivity index (χ1v) is 6.51. The maximum atomic E-state index is 12.5. The molecule has 1 aliphatic heterocycles. The molecular weight excluding hydrogens is 274 g/mol. The fourth-order valence-corrected chi connectivity index (χ4v) is 2.40. The van der Waals surface area contributed by atoms with Gasteiger partial charge in [0, 0.05) is 13.5 Å². The van der Waals surface area contributed by atoms with Crippen molar-refractivity contribution >= 4 is 28.4 Å². The summed E-state index contributed by atoms with van der Waals surface area (Å²) in [5, 5.41) is 13.4. The molecule has 1 aliphatic rings. The van der Waals surface area contributed by atoms with Crippen LogP contribution in [0.2, 0.25) is 0 Å². The first kappa shape index (κ1) is 13.2. The normalized spacial score (nSPS) is 18.6. The number of hydrogen-bond donors (Lipinski definition) is 2. The van der Waals surface area contributed by atoms with Crippen LogP contribution >= 0.6 is 0 Å². The number of hydrogen-bond acceptors (Lipinski definition) is 6. The second-order valence-corrected chi connectivity index (χ2v) is 4.76. The van der Waals surface area contributed by atoms with Gasteiger partial charge in [-0.3, -0.25) is 19.7 Å². The third-order valence-corrected chi connectivity index (χ3v) is 3.49. The largest absolute Gasteiger partial charge is 0.386 e. The predicted molar refractivity (Wildman–Crippen MR) is 74.8 cm³/mol. The molecule has 2 heterocycles. The summed E-state index contributed by atoms with van der Waals surface area (Å²) in [6.07, 6.45) is 0.426. The quantitative estimate of drug-likeness (QED) is 0.742. The van der Waals surface area contributed by atoms with Crippen LogP contribution in [0.15, 0.2) is 23.0 Å². The Morgan fingerprint density at radius 2 is 2.14 bits per heavy atom. The number of benzene rings is 1. The predicted octanol–water partition coefficient (Wildman–Crippen LogP) is -0.189. The van der Waals surface area contributed by atoms with Gasteiger partial charge in [0.1, 0.15) is 11.6 Å². The lowest BCUT2D eigenvalue weighted by molar-refractivity contribution is -0.136. The van der Waals surface area contributed by atoms with Crippen molar-refractivity contribution in [3.05, 3.63) is 28.6 Å². The van der Waals surface area contributed by atoms with Crippen molar-refractivity contribution in [2.24, 2.45) is 0 Å². The summed E-state index contributed by atoms with van der Waals surface area (Å²) in [4.78, 5) is 35.5. The molecule has 21 heavy (non-hydrogen) atoms. The molecule has 1 unspecified atom stereocenters. The summed E-state index contributed by atoms with van der Waals surface area (Å²) in [6.45, 7) is 0. The molecule has 0 spiro atoms. The van der Waals surface area contributed by atoms with E-state index in [4.69, 9.17) is 0 Å². The van der Waals surface area contributed by atoms with E-state index in [0.717, 1.165) is 4.68 Å². The Morgan fingerprint density at radius 1 is 1.33 bits per heavy atom. The molecule has 8 nitrogen and oxygen atoms in total. The molecular formula is C13H13N5O3. The van der Waals surface area contributed by atoms with Crippen LogP contribution in [0.1, 0.15) is 18.9 Å². The third kappa shape index (κ3) is 2.14. The molecule has 1 aromatic carbocycles. The van der Waals surface area contributed by atoms with Crippen LogP contribution in [-0.2, 0) is 9.59 Å². The Labute approximate surface area is 119 Å². The highest BCUT2D eigenvalue weighted by Crippen LogP contribution is 2.19. The number of fused-ring (bicyclic) bond motifs is 1. The molecule has 0 saturated carbocycles. The Hall–Kier alpha value is -2.77. The molecule has 108 valence electrons. The number of nitrogens with zero attached hydrogens (tertiary/aromatic N) is 3. The van der Waals surface area contributed by atoms with Gasteiger partial charge in [-0.15, -0.1) is 5.10 Å². The second-order valence-electron chi connectivity index (χ2n) is 4.76. The Balaban J connectivity index is 2.13. The van der Waals surface area contributed by atoms with Crippen LogP contribution < -0.4 is 16.2 Å². The zero-order valence-corrected chi connectivity index (χ0v) is 11.3. The number of carbonyl (C=O) groups is 2. The molecule has 0 aliphatic carbocycles. The summed E-state index contributed by atoms with van der Waals surface area (Å²) in [5.41, 5.74) is 0.743. The van der Waals surface area contributed by atoms with E-state index in [-0.39, 0.29) is 18.7 Å². The monoisotopic (exact) mass is 287 g/mol. The van der Waals surface area contributed by atoms with Crippen molar-refractivity contribution in [1.29, 1.82) is 0 Å². The minimum atomic E-state index is -0.801. The van der Waals surface area contributed by atoms with Crippen molar-refractivity contribution in [3.8, 4) is 0 Å². The summed E-state index contributed by atoms with van der Waals surface area (Å²) in [6, 6.07) is 4.35. The maximum absolute atomic E-state index is 12.5.